The smallest absolute Gasteiger partial charge is 0.430 e. The lowest BCUT2D eigenvalue weighted by molar-refractivity contribution is 0.121. The summed E-state index contributed by atoms with van der Waals surface area (Å²) in [5, 5.41) is 0. The molecule has 3 heteroatoms. The average molecular weight is 103 g/mol. The molecule has 0 aromatic rings. The lowest BCUT2D eigenvalue weighted by Crippen LogP contribution is -2.01. The van der Waals surface area contributed by atoms with Crippen molar-refractivity contribution in [3.8, 4) is 0 Å². The molecule has 0 aromatic heterocycles. The van der Waals surface area contributed by atoms with Gasteiger partial charge >= 0.3 is 6.16 Å². The van der Waals surface area contributed by atoms with Gasteiger partial charge in [0.25, 0.3) is 0 Å². The summed E-state index contributed by atoms with van der Waals surface area (Å²) >= 11 is 0. The Kier molecular flexibility index (Phi) is 0.889. The third-order valence-corrected chi connectivity index (χ3v) is 0.733. The second-order valence-electron chi connectivity index (χ2n) is 1.49. The maximum absolute atomic E-state index is 10.0. The van der Waals surface area contributed by atoms with Crippen molar-refractivity contribution >= 4 is 6.16 Å². The minimum absolute atomic E-state index is 0.0486. The zero-order valence-corrected chi connectivity index (χ0v) is 4.01. The van der Waals surface area contributed by atoms with E-state index in [-0.39, 0.29) is 6.10 Å². The lowest BCUT2D eigenvalue weighted by Gasteiger charge is -1.90. The molecule has 7 heavy (non-hydrogen) atoms. The molecule has 1 unspecified atom stereocenters. The highest BCUT2D eigenvalue weighted by Crippen LogP contribution is 2.02. The zero-order valence-electron chi connectivity index (χ0n) is 4.01. The molecule has 0 amide bonds. The Labute approximate surface area is 41.2 Å². The molecule has 0 N–H and O–H groups in total. The molecule has 1 aliphatic heterocycles. The van der Waals surface area contributed by atoms with Gasteiger partial charge in [-0.3, -0.25) is 0 Å². The predicted molar refractivity (Wildman–Crippen MR) is 21.9 cm³/mol. The molecular weight excluding hydrogens is 97.0 g/mol. The Bertz CT molecular complexity index is 88.9. The van der Waals surface area contributed by atoms with Gasteiger partial charge in [0.15, 0.2) is 0 Å². The number of carbonyl (C=O) groups excluding carboxylic acids is 1. The molecule has 0 aliphatic carbocycles. The van der Waals surface area contributed by atoms with E-state index >= 15 is 0 Å². The first-order chi connectivity index (χ1) is 3.29. The van der Waals surface area contributed by atoms with E-state index in [4.69, 9.17) is 0 Å². The van der Waals surface area contributed by atoms with E-state index < -0.39 is 6.16 Å². The van der Waals surface area contributed by atoms with E-state index in [1.54, 1.807) is 6.92 Å². The van der Waals surface area contributed by atoms with Gasteiger partial charge in [-0.25, -0.2) is 4.79 Å². The fraction of sp³-hybridized carbons (Fsp3) is 0.750. The fourth-order valence-corrected chi connectivity index (χ4v) is 0.418. The van der Waals surface area contributed by atoms with E-state index in [0.717, 1.165) is 0 Å². The van der Waals surface area contributed by atoms with Gasteiger partial charge in [0.2, 0.25) is 0 Å². The number of hydrogen-bond acceptors (Lipinski definition) is 3. The topological polar surface area (TPSA) is 35.5 Å². The van der Waals surface area contributed by atoms with E-state index in [1.807, 2.05) is 0 Å². The molecule has 0 bridgehead atoms. The SMILES string of the molecule is CC1CO[13C](=O)O1. The number of hydrogen-bond donors (Lipinski definition) is 0. The first kappa shape index (κ1) is 4.43. The summed E-state index contributed by atoms with van der Waals surface area (Å²) < 4.78 is 8.90. The van der Waals surface area contributed by atoms with Crippen molar-refractivity contribution < 1.29 is 14.3 Å². The van der Waals surface area contributed by atoms with Gasteiger partial charge in [-0.2, -0.15) is 0 Å². The quantitative estimate of drug-likeness (QED) is 0.331. The summed E-state index contributed by atoms with van der Waals surface area (Å²) in [6.07, 6.45) is -0.597. The maximum atomic E-state index is 10.0. The molecule has 1 atom stereocenters. The van der Waals surface area contributed by atoms with Gasteiger partial charge in [0, 0.05) is 0 Å². The summed E-state index contributed by atoms with van der Waals surface area (Å²) in [4.78, 5) is 10.0. The van der Waals surface area contributed by atoms with Gasteiger partial charge in [-0.15, -0.1) is 0 Å². The van der Waals surface area contributed by atoms with Crippen LogP contribution in [0.15, 0.2) is 0 Å². The van der Waals surface area contributed by atoms with Crippen LogP contribution in [0.2, 0.25) is 0 Å². The van der Waals surface area contributed by atoms with Crippen molar-refractivity contribution in [2.45, 2.75) is 13.0 Å². The molecule has 0 saturated carbocycles. The van der Waals surface area contributed by atoms with Crippen molar-refractivity contribution in [1.82, 2.24) is 0 Å². The fourth-order valence-electron chi connectivity index (χ4n) is 0.418. The lowest BCUT2D eigenvalue weighted by atomic mass is 10.5. The van der Waals surface area contributed by atoms with Crippen LogP contribution < -0.4 is 0 Å². The Hall–Kier alpha value is -0.730. The van der Waals surface area contributed by atoms with Crippen molar-refractivity contribution in [2.75, 3.05) is 6.61 Å². The molecule has 3 nitrogen and oxygen atoms in total. The van der Waals surface area contributed by atoms with Crippen LogP contribution in [0.1, 0.15) is 6.92 Å². The highest BCUT2D eigenvalue weighted by Gasteiger charge is 2.19. The van der Waals surface area contributed by atoms with Crippen LogP contribution in [0.3, 0.4) is 0 Å². The summed E-state index contributed by atoms with van der Waals surface area (Å²) in [6.45, 7) is 2.18. The van der Waals surface area contributed by atoms with Crippen molar-refractivity contribution in [1.29, 1.82) is 0 Å². The summed E-state index contributed by atoms with van der Waals surface area (Å²) in [5.74, 6) is 0. The third-order valence-electron chi connectivity index (χ3n) is 0.733. The molecular formula is C4H6O3. The highest BCUT2D eigenvalue weighted by molar-refractivity contribution is 5.61. The molecule has 0 radical (unpaired) electrons. The second-order valence-corrected chi connectivity index (χ2v) is 1.49. The summed E-state index contributed by atoms with van der Waals surface area (Å²) in [5.41, 5.74) is 0. The van der Waals surface area contributed by atoms with Gasteiger partial charge in [0.05, 0.1) is 0 Å². The molecule has 1 saturated heterocycles. The zero-order chi connectivity index (χ0) is 5.28. The minimum Gasteiger partial charge on any atom is -0.430 e. The molecule has 40 valence electrons. The first-order valence-corrected chi connectivity index (χ1v) is 2.12. The summed E-state index contributed by atoms with van der Waals surface area (Å²) in [7, 11) is 0. The van der Waals surface area contributed by atoms with Gasteiger partial charge in [-0.05, 0) is 6.92 Å². The Morgan fingerprint density at radius 3 is 2.71 bits per heavy atom. The maximum Gasteiger partial charge on any atom is 0.508 e. The van der Waals surface area contributed by atoms with Crippen molar-refractivity contribution in [2.24, 2.45) is 0 Å². The molecule has 1 rings (SSSR count). The van der Waals surface area contributed by atoms with Gasteiger partial charge in [0.1, 0.15) is 12.7 Å². The van der Waals surface area contributed by atoms with Crippen LogP contribution in [-0.4, -0.2) is 18.9 Å². The van der Waals surface area contributed by atoms with Crippen LogP contribution in [-0.2, 0) is 9.47 Å². The second kappa shape index (κ2) is 1.40. The molecule has 0 aromatic carbocycles. The average Bonchev–Trinajstić information content (AvgIpc) is 1.87. The first-order valence-electron chi connectivity index (χ1n) is 2.12. The molecule has 1 aliphatic rings. The van der Waals surface area contributed by atoms with Crippen molar-refractivity contribution in [3.63, 3.8) is 0 Å². The van der Waals surface area contributed by atoms with E-state index in [9.17, 15) is 4.79 Å². The van der Waals surface area contributed by atoms with Gasteiger partial charge in [-0.1, -0.05) is 0 Å². The monoisotopic (exact) mass is 103 g/mol. The van der Waals surface area contributed by atoms with Crippen LogP contribution >= 0.6 is 0 Å². The van der Waals surface area contributed by atoms with Crippen LogP contribution in [0.25, 0.3) is 0 Å². The molecule has 1 heterocycles. The number of ether oxygens (including phenoxy) is 2. The van der Waals surface area contributed by atoms with Crippen LogP contribution in [0, 0.1) is 0 Å². The van der Waals surface area contributed by atoms with E-state index in [1.165, 1.54) is 0 Å². The molecule has 0 spiro atoms. The van der Waals surface area contributed by atoms with E-state index in [0.29, 0.717) is 6.61 Å². The number of cyclic esters (lactones) is 2. The Morgan fingerprint density at radius 1 is 1.86 bits per heavy atom. The van der Waals surface area contributed by atoms with Crippen LogP contribution in [0.4, 0.5) is 4.79 Å². The molecule has 1 fully saturated rings. The highest BCUT2D eigenvalue weighted by atomic mass is 16.9. The number of rotatable bonds is 0. The van der Waals surface area contributed by atoms with Crippen LogP contribution in [0.5, 0.6) is 0 Å². The predicted octanol–water partition coefficient (Wildman–Crippen LogP) is 0.542. The summed E-state index contributed by atoms with van der Waals surface area (Å²) in [6, 6.07) is 0. The third kappa shape index (κ3) is 0.824. The minimum atomic E-state index is -0.549. The largest absolute Gasteiger partial charge is 0.508 e. The normalized spacial score (nSPS) is 29.3. The Balaban J connectivity index is 2.40. The van der Waals surface area contributed by atoms with E-state index in [2.05, 4.69) is 9.47 Å². The van der Waals surface area contributed by atoms with Gasteiger partial charge < -0.3 is 9.47 Å². The van der Waals surface area contributed by atoms with Crippen molar-refractivity contribution in [3.05, 3.63) is 0 Å². The Morgan fingerprint density at radius 2 is 2.57 bits per heavy atom. The number of carbonyl (C=O) groups is 1. The standard InChI is InChI=1S/C4H6O3/c1-3-2-6-4(5)7-3/h3H,2H2,1H3/i4+1.